The van der Waals surface area contributed by atoms with Crippen molar-refractivity contribution in [3.05, 3.63) is 78.2 Å². The van der Waals surface area contributed by atoms with Crippen LogP contribution in [0.3, 0.4) is 0 Å². The van der Waals surface area contributed by atoms with Crippen molar-refractivity contribution in [2.75, 3.05) is 27.3 Å². The molecule has 0 aliphatic rings. The van der Waals surface area contributed by atoms with Gasteiger partial charge in [0.05, 0.1) is 19.9 Å². The maximum atomic E-state index is 13.2. The van der Waals surface area contributed by atoms with E-state index in [-0.39, 0.29) is 5.91 Å². The van der Waals surface area contributed by atoms with Crippen molar-refractivity contribution in [1.82, 2.24) is 24.6 Å². The van der Waals surface area contributed by atoms with Gasteiger partial charge in [-0.2, -0.15) is 5.10 Å². The third kappa shape index (κ3) is 9.55. The molecule has 0 aliphatic carbocycles. The third-order valence-corrected chi connectivity index (χ3v) is 5.60. The van der Waals surface area contributed by atoms with E-state index in [9.17, 15) is 9.59 Å². The normalized spacial score (nSPS) is 10.4. The number of aldehydes is 1. The summed E-state index contributed by atoms with van der Waals surface area (Å²) in [4.78, 5) is 31.0. The number of aromatic amines is 1. The fourth-order valence-corrected chi connectivity index (χ4v) is 3.92. The van der Waals surface area contributed by atoms with Crippen molar-refractivity contribution in [3.63, 3.8) is 0 Å². The molecule has 3 aromatic rings. The van der Waals surface area contributed by atoms with E-state index in [4.69, 9.17) is 14.6 Å². The zero-order chi connectivity index (χ0) is 29.9. The topological polar surface area (TPSA) is 102 Å². The highest BCUT2D eigenvalue weighted by Gasteiger charge is 2.21. The van der Waals surface area contributed by atoms with Gasteiger partial charge in [-0.1, -0.05) is 53.7 Å². The molecule has 0 saturated carbocycles. The van der Waals surface area contributed by atoms with Gasteiger partial charge in [-0.05, 0) is 49.6 Å². The lowest BCUT2D eigenvalue weighted by molar-refractivity contribution is 0.0749. The highest BCUT2D eigenvalue weighted by molar-refractivity contribution is 5.92. The number of hydrogen-bond acceptors (Lipinski definition) is 6. The Kier molecular flexibility index (Phi) is 16.1. The number of carbonyl (C=O) groups is 2. The van der Waals surface area contributed by atoms with Gasteiger partial charge in [0.2, 0.25) is 0 Å². The molecular weight excluding hydrogens is 506 g/mol. The van der Waals surface area contributed by atoms with Crippen molar-refractivity contribution in [2.45, 2.75) is 60.3 Å². The molecule has 9 heteroatoms. The second-order valence-electron chi connectivity index (χ2n) is 8.42. The lowest BCUT2D eigenvalue weighted by atomic mass is 10.1. The van der Waals surface area contributed by atoms with Gasteiger partial charge < -0.3 is 19.4 Å². The van der Waals surface area contributed by atoms with Crippen LogP contribution in [0.15, 0.2) is 55.4 Å². The second kappa shape index (κ2) is 19.0. The van der Waals surface area contributed by atoms with Crippen LogP contribution in [0.25, 0.3) is 5.70 Å². The zero-order valence-corrected chi connectivity index (χ0v) is 25.1. The Morgan fingerprint density at radius 1 is 1.05 bits per heavy atom. The molecule has 40 heavy (non-hydrogen) atoms. The number of nitrogens with one attached hydrogen (secondary N) is 1. The average Bonchev–Trinajstić information content (AvgIpc) is 3.67. The quantitative estimate of drug-likeness (QED) is 0.194. The third-order valence-electron chi connectivity index (χ3n) is 5.60. The average molecular weight is 552 g/mol. The number of hydrogen-bond donors (Lipinski definition) is 1. The number of nitrogens with zero attached hydrogens (tertiary/aromatic N) is 4. The molecule has 1 N–H and O–H groups in total. The molecule has 218 valence electrons. The Hall–Kier alpha value is -4.14. The molecule has 2 heterocycles. The Labute approximate surface area is 238 Å². The minimum atomic E-state index is -0.0231. The summed E-state index contributed by atoms with van der Waals surface area (Å²) < 4.78 is 12.7. The van der Waals surface area contributed by atoms with E-state index in [1.54, 1.807) is 26.5 Å². The predicted octanol–water partition coefficient (Wildman–Crippen LogP) is 6.44. The van der Waals surface area contributed by atoms with Crippen LogP contribution in [0.1, 0.15) is 86.2 Å². The Bertz CT molecular complexity index is 1190. The van der Waals surface area contributed by atoms with E-state index in [1.807, 2.05) is 53.8 Å². The highest BCUT2D eigenvalue weighted by Crippen LogP contribution is 2.31. The maximum absolute atomic E-state index is 13.2. The molecule has 0 saturated heterocycles. The molecule has 0 radical (unpaired) electrons. The Balaban J connectivity index is 0.000000759. The number of allylic oxidation sites excluding steroid dienone is 2. The van der Waals surface area contributed by atoms with Crippen LogP contribution >= 0.6 is 0 Å². The Morgan fingerprint density at radius 2 is 1.73 bits per heavy atom. The van der Waals surface area contributed by atoms with Crippen LogP contribution in [0, 0.1) is 0 Å². The molecule has 1 aromatic carbocycles. The maximum Gasteiger partial charge on any atom is 0.274 e. The van der Waals surface area contributed by atoms with E-state index < -0.39 is 0 Å². The summed E-state index contributed by atoms with van der Waals surface area (Å²) in [7, 11) is 3.23. The molecule has 3 rings (SSSR count). The standard InChI is InChI=1S/C25H35N3O3.C4H4N2O.C2H6/c1-7-11-20-18-21(25(29)27(15-9-3)16-10-4)26-28(20)22(12-8-2)19-13-14-23(30-5)24(17-19)31-6;7-3-4-5-1-2-6-4;1-2/h8,12-14,17-18H,2,7,9-11,15-16H2,1,3-6H3;1-3H,(H,5,6);1-2H3/b22-12-;;. The molecule has 9 nitrogen and oxygen atoms in total. The summed E-state index contributed by atoms with van der Waals surface area (Å²) in [6.07, 6.45) is 11.0. The largest absolute Gasteiger partial charge is 0.493 e. The molecule has 0 bridgehead atoms. The van der Waals surface area contributed by atoms with E-state index in [0.717, 1.165) is 55.7 Å². The SMILES string of the molecule is C=C/C=C(/c1ccc(OC)c(OC)c1)n1nc(C(=O)N(CCC)CCC)cc1CCC.CC.O=Cc1ncc[nH]1. The zero-order valence-electron chi connectivity index (χ0n) is 25.1. The van der Waals surface area contributed by atoms with Crippen molar-refractivity contribution < 1.29 is 19.1 Å². The lowest BCUT2D eigenvalue weighted by Gasteiger charge is -2.20. The number of imidazole rings is 1. The van der Waals surface area contributed by atoms with Gasteiger partial charge in [0, 0.05) is 36.7 Å². The van der Waals surface area contributed by atoms with Crippen molar-refractivity contribution in [1.29, 1.82) is 0 Å². The number of carbonyl (C=O) groups excluding carboxylic acids is 2. The highest BCUT2D eigenvalue weighted by atomic mass is 16.5. The van der Waals surface area contributed by atoms with Gasteiger partial charge in [-0.15, -0.1) is 0 Å². The first-order valence-electron chi connectivity index (χ1n) is 13.9. The van der Waals surface area contributed by atoms with Gasteiger partial charge in [-0.3, -0.25) is 9.59 Å². The summed E-state index contributed by atoms with van der Waals surface area (Å²) in [6, 6.07) is 7.65. The summed E-state index contributed by atoms with van der Waals surface area (Å²) >= 11 is 0. The summed E-state index contributed by atoms with van der Waals surface area (Å²) in [5.41, 5.74) is 3.19. The monoisotopic (exact) mass is 551 g/mol. The van der Waals surface area contributed by atoms with Crippen molar-refractivity contribution in [3.8, 4) is 11.5 Å². The number of aryl methyl sites for hydroxylation is 1. The number of rotatable bonds is 13. The molecule has 0 aliphatic heterocycles. The molecular formula is C31H45N5O4. The number of amides is 1. The van der Waals surface area contributed by atoms with Crippen LogP contribution in [0.2, 0.25) is 0 Å². The van der Waals surface area contributed by atoms with Crippen molar-refractivity contribution in [2.24, 2.45) is 0 Å². The van der Waals surface area contributed by atoms with Gasteiger partial charge in [0.1, 0.15) is 0 Å². The molecule has 0 spiro atoms. The predicted molar refractivity (Wildman–Crippen MR) is 161 cm³/mol. The molecule has 2 aromatic heterocycles. The number of H-pyrrole nitrogens is 1. The lowest BCUT2D eigenvalue weighted by Crippen LogP contribution is -2.32. The summed E-state index contributed by atoms with van der Waals surface area (Å²) in [5, 5.41) is 4.74. The number of ether oxygens (including phenoxy) is 2. The van der Waals surface area contributed by atoms with Gasteiger partial charge in [0.15, 0.2) is 29.3 Å². The van der Waals surface area contributed by atoms with Crippen LogP contribution in [-0.4, -0.2) is 64.2 Å². The first kappa shape index (κ1) is 33.9. The molecule has 1 amide bonds. The van der Waals surface area contributed by atoms with Crippen LogP contribution in [-0.2, 0) is 6.42 Å². The van der Waals surface area contributed by atoms with E-state index >= 15 is 0 Å². The van der Waals surface area contributed by atoms with E-state index in [0.29, 0.717) is 29.3 Å². The fourth-order valence-electron chi connectivity index (χ4n) is 3.92. The second-order valence-corrected chi connectivity index (χ2v) is 8.42. The first-order valence-corrected chi connectivity index (χ1v) is 13.9. The fraction of sp³-hybridized carbons (Fsp3) is 0.419. The van der Waals surface area contributed by atoms with Crippen LogP contribution in [0.5, 0.6) is 11.5 Å². The molecule has 0 atom stereocenters. The van der Waals surface area contributed by atoms with Crippen LogP contribution < -0.4 is 9.47 Å². The van der Waals surface area contributed by atoms with Gasteiger partial charge >= 0.3 is 0 Å². The summed E-state index contributed by atoms with van der Waals surface area (Å²) in [6.45, 7) is 15.6. The van der Waals surface area contributed by atoms with Crippen molar-refractivity contribution >= 4 is 17.9 Å². The molecule has 0 fully saturated rings. The Morgan fingerprint density at radius 3 is 2.20 bits per heavy atom. The first-order chi connectivity index (χ1) is 19.5. The molecule has 0 unspecified atom stereocenters. The van der Waals surface area contributed by atoms with Crippen LogP contribution in [0.4, 0.5) is 0 Å². The van der Waals surface area contributed by atoms with E-state index in [2.05, 4.69) is 37.3 Å². The van der Waals surface area contributed by atoms with Gasteiger partial charge in [-0.25, -0.2) is 9.67 Å². The number of methoxy groups -OCH3 is 2. The van der Waals surface area contributed by atoms with E-state index in [1.165, 1.54) is 6.20 Å². The summed E-state index contributed by atoms with van der Waals surface area (Å²) in [5.74, 6) is 1.64. The minimum Gasteiger partial charge on any atom is -0.493 e. The van der Waals surface area contributed by atoms with Gasteiger partial charge in [0.25, 0.3) is 5.91 Å². The number of benzene rings is 1. The number of aromatic nitrogens is 4. The smallest absolute Gasteiger partial charge is 0.274 e. The minimum absolute atomic E-state index is 0.0231.